The Morgan fingerprint density at radius 1 is 0.250 bits per heavy atom. The van der Waals surface area contributed by atoms with Crippen molar-refractivity contribution < 1.29 is 0 Å². The predicted molar refractivity (Wildman–Crippen MR) is 168 cm³/mol. The molecule has 0 heterocycles. The van der Waals surface area contributed by atoms with Crippen LogP contribution in [0.4, 0.5) is 0 Å². The standard InChI is InChI=1S/C36H66/c1-3-5-7-9-11-13-15-17-19-21-23-25-27-29-31-33-35-36-34-32-30-28-26-24-22-20-18-16-14-12-10-8-6-4-2/h15,17,19,21,23,25,32,34H,3-14,16,18,20,22,24,26-31,33,35-36H2,1-2H3. The number of rotatable bonds is 29. The molecule has 0 nitrogen and oxygen atoms in total. The first-order chi connectivity index (χ1) is 17.9. The zero-order valence-corrected chi connectivity index (χ0v) is 25.0. The van der Waals surface area contributed by atoms with Crippen molar-refractivity contribution in [2.24, 2.45) is 0 Å². The highest BCUT2D eigenvalue weighted by Gasteiger charge is 1.93. The molecule has 0 aromatic rings. The molecule has 0 N–H and O–H groups in total. The molecule has 0 heteroatoms. The highest BCUT2D eigenvalue weighted by molar-refractivity contribution is 5.10. The van der Waals surface area contributed by atoms with E-state index in [0.717, 1.165) is 0 Å². The molecule has 0 spiro atoms. The van der Waals surface area contributed by atoms with Crippen LogP contribution in [0.3, 0.4) is 0 Å². The van der Waals surface area contributed by atoms with Crippen LogP contribution in [-0.4, -0.2) is 0 Å². The summed E-state index contributed by atoms with van der Waals surface area (Å²) in [5, 5.41) is 0. The van der Waals surface area contributed by atoms with E-state index in [0.29, 0.717) is 0 Å². The average Bonchev–Trinajstić information content (AvgIpc) is 2.89. The Morgan fingerprint density at radius 3 is 0.806 bits per heavy atom. The Kier molecular flexibility index (Phi) is 33.0. The quantitative estimate of drug-likeness (QED) is 0.0546. The lowest BCUT2D eigenvalue weighted by molar-refractivity contribution is 0.540. The lowest BCUT2D eigenvalue weighted by Crippen LogP contribution is -1.82. The molecule has 0 aliphatic rings. The van der Waals surface area contributed by atoms with E-state index in [2.05, 4.69) is 62.5 Å². The summed E-state index contributed by atoms with van der Waals surface area (Å²) in [5.74, 6) is 0. The van der Waals surface area contributed by atoms with Crippen LogP contribution in [0.1, 0.15) is 181 Å². The number of unbranched alkanes of at least 4 members (excludes halogenated alkanes) is 23. The van der Waals surface area contributed by atoms with Crippen molar-refractivity contribution in [2.45, 2.75) is 181 Å². The van der Waals surface area contributed by atoms with E-state index in [1.165, 1.54) is 167 Å². The first-order valence-electron chi connectivity index (χ1n) is 16.5. The van der Waals surface area contributed by atoms with Crippen LogP contribution < -0.4 is 0 Å². The highest BCUT2D eigenvalue weighted by atomic mass is 14.0. The zero-order chi connectivity index (χ0) is 26.0. The molecule has 0 amide bonds. The third-order valence-electron chi connectivity index (χ3n) is 7.21. The molecule has 36 heavy (non-hydrogen) atoms. The number of allylic oxidation sites excluding steroid dienone is 8. The second-order valence-corrected chi connectivity index (χ2v) is 10.9. The zero-order valence-electron chi connectivity index (χ0n) is 25.0. The van der Waals surface area contributed by atoms with E-state index < -0.39 is 0 Å². The van der Waals surface area contributed by atoms with Gasteiger partial charge in [-0.2, -0.15) is 0 Å². The van der Waals surface area contributed by atoms with Gasteiger partial charge in [-0.25, -0.2) is 0 Å². The van der Waals surface area contributed by atoms with Crippen LogP contribution in [0.25, 0.3) is 0 Å². The summed E-state index contributed by atoms with van der Waals surface area (Å²) in [5.41, 5.74) is 0. The molecule has 0 saturated heterocycles. The lowest BCUT2D eigenvalue weighted by atomic mass is 10.0. The Labute approximate surface area is 229 Å². The maximum Gasteiger partial charge on any atom is -0.0348 e. The van der Waals surface area contributed by atoms with Gasteiger partial charge in [0.2, 0.25) is 0 Å². The molecule has 0 aliphatic carbocycles. The average molecular weight is 499 g/mol. The van der Waals surface area contributed by atoms with Crippen molar-refractivity contribution in [3.63, 3.8) is 0 Å². The van der Waals surface area contributed by atoms with Gasteiger partial charge in [0.25, 0.3) is 0 Å². The van der Waals surface area contributed by atoms with Gasteiger partial charge in [0, 0.05) is 0 Å². The van der Waals surface area contributed by atoms with Gasteiger partial charge in [0.15, 0.2) is 0 Å². The van der Waals surface area contributed by atoms with Crippen molar-refractivity contribution in [3.8, 4) is 0 Å². The third-order valence-corrected chi connectivity index (χ3v) is 7.21. The van der Waals surface area contributed by atoms with Crippen LogP contribution in [0, 0.1) is 0 Å². The molecule has 0 aromatic heterocycles. The van der Waals surface area contributed by atoms with E-state index in [1.54, 1.807) is 0 Å². The smallest absolute Gasteiger partial charge is 0.0348 e. The molecular weight excluding hydrogens is 432 g/mol. The summed E-state index contributed by atoms with van der Waals surface area (Å²) in [6, 6.07) is 0. The van der Waals surface area contributed by atoms with E-state index in [4.69, 9.17) is 0 Å². The summed E-state index contributed by atoms with van der Waals surface area (Å²) in [4.78, 5) is 0. The van der Waals surface area contributed by atoms with Crippen molar-refractivity contribution in [1.82, 2.24) is 0 Å². The fourth-order valence-corrected chi connectivity index (χ4v) is 4.74. The summed E-state index contributed by atoms with van der Waals surface area (Å²) in [6.07, 6.45) is 54.4. The van der Waals surface area contributed by atoms with Gasteiger partial charge in [-0.05, 0) is 51.4 Å². The van der Waals surface area contributed by atoms with E-state index in [9.17, 15) is 0 Å². The first-order valence-corrected chi connectivity index (χ1v) is 16.5. The Morgan fingerprint density at radius 2 is 0.500 bits per heavy atom. The summed E-state index contributed by atoms with van der Waals surface area (Å²) >= 11 is 0. The van der Waals surface area contributed by atoms with Gasteiger partial charge >= 0.3 is 0 Å². The largest absolute Gasteiger partial charge is 0.0885 e. The van der Waals surface area contributed by atoms with Crippen LogP contribution >= 0.6 is 0 Å². The van der Waals surface area contributed by atoms with Crippen molar-refractivity contribution in [3.05, 3.63) is 48.6 Å². The molecule has 0 fully saturated rings. The summed E-state index contributed by atoms with van der Waals surface area (Å²) in [6.45, 7) is 4.58. The van der Waals surface area contributed by atoms with Gasteiger partial charge in [0.05, 0.1) is 0 Å². The first kappa shape index (κ1) is 35.0. The highest BCUT2D eigenvalue weighted by Crippen LogP contribution is 2.13. The molecule has 0 saturated carbocycles. The number of hydrogen-bond acceptors (Lipinski definition) is 0. The SMILES string of the molecule is CCCCCCCC=CC=CC=CCCCCCCC=CCCCCCCCCCCCCCCC. The van der Waals surface area contributed by atoms with Crippen LogP contribution in [0.2, 0.25) is 0 Å². The van der Waals surface area contributed by atoms with Gasteiger partial charge in [0.1, 0.15) is 0 Å². The second kappa shape index (κ2) is 34.0. The van der Waals surface area contributed by atoms with Crippen molar-refractivity contribution >= 4 is 0 Å². The third kappa shape index (κ3) is 33.0. The molecular formula is C36H66. The van der Waals surface area contributed by atoms with E-state index in [1.807, 2.05) is 0 Å². The topological polar surface area (TPSA) is 0 Å². The van der Waals surface area contributed by atoms with Crippen LogP contribution in [0.15, 0.2) is 48.6 Å². The monoisotopic (exact) mass is 499 g/mol. The Balaban J connectivity index is 3.23. The van der Waals surface area contributed by atoms with E-state index in [-0.39, 0.29) is 0 Å². The summed E-state index contributed by atoms with van der Waals surface area (Å²) < 4.78 is 0. The van der Waals surface area contributed by atoms with Gasteiger partial charge < -0.3 is 0 Å². The second-order valence-electron chi connectivity index (χ2n) is 10.9. The van der Waals surface area contributed by atoms with Gasteiger partial charge in [-0.15, -0.1) is 0 Å². The molecule has 210 valence electrons. The van der Waals surface area contributed by atoms with Crippen LogP contribution in [0.5, 0.6) is 0 Å². The fraction of sp³-hybridized carbons (Fsp3) is 0.778. The molecule has 0 rings (SSSR count). The Bertz CT molecular complexity index is 492. The molecule has 0 atom stereocenters. The molecule has 0 unspecified atom stereocenters. The molecule has 0 radical (unpaired) electrons. The predicted octanol–water partition coefficient (Wildman–Crippen LogP) is 13.4. The summed E-state index contributed by atoms with van der Waals surface area (Å²) in [7, 11) is 0. The number of hydrogen-bond donors (Lipinski definition) is 0. The minimum absolute atomic E-state index is 1.22. The molecule has 0 aliphatic heterocycles. The molecule has 0 aromatic carbocycles. The minimum Gasteiger partial charge on any atom is -0.0885 e. The molecule has 0 bridgehead atoms. The van der Waals surface area contributed by atoms with Gasteiger partial charge in [-0.3, -0.25) is 0 Å². The van der Waals surface area contributed by atoms with Gasteiger partial charge in [-0.1, -0.05) is 178 Å². The van der Waals surface area contributed by atoms with E-state index >= 15 is 0 Å². The maximum atomic E-state index is 2.44. The fourth-order valence-electron chi connectivity index (χ4n) is 4.74. The van der Waals surface area contributed by atoms with Crippen LogP contribution in [-0.2, 0) is 0 Å². The normalized spacial score (nSPS) is 12.4. The Hall–Kier alpha value is -1.04. The van der Waals surface area contributed by atoms with Crippen molar-refractivity contribution in [1.29, 1.82) is 0 Å². The van der Waals surface area contributed by atoms with Crippen molar-refractivity contribution in [2.75, 3.05) is 0 Å². The minimum atomic E-state index is 1.22. The lowest BCUT2D eigenvalue weighted by Gasteiger charge is -2.02. The maximum absolute atomic E-state index is 2.44.